The maximum Gasteiger partial charge on any atom is 0.288 e. The van der Waals surface area contributed by atoms with Gasteiger partial charge in [-0.2, -0.15) is 5.10 Å². The summed E-state index contributed by atoms with van der Waals surface area (Å²) < 4.78 is 6.10. The van der Waals surface area contributed by atoms with E-state index in [2.05, 4.69) is 31.4 Å². The molecule has 2 aromatic carbocycles. The minimum Gasteiger partial charge on any atom is -0.496 e. The first-order valence-electron chi connectivity index (χ1n) is 8.48. The summed E-state index contributed by atoms with van der Waals surface area (Å²) >= 11 is 5.00. The molecule has 4 aromatic rings. The van der Waals surface area contributed by atoms with Gasteiger partial charge in [0.25, 0.3) is 5.91 Å². The van der Waals surface area contributed by atoms with Crippen LogP contribution in [0.5, 0.6) is 5.75 Å². The first kappa shape index (κ1) is 18.5. The minimum absolute atomic E-state index is 0.300. The Morgan fingerprint density at radius 1 is 1.21 bits per heavy atom. The smallest absolute Gasteiger partial charge is 0.288 e. The highest BCUT2D eigenvalue weighted by Gasteiger charge is 2.19. The van der Waals surface area contributed by atoms with Gasteiger partial charge < -0.3 is 9.72 Å². The molecule has 0 unspecified atom stereocenters. The van der Waals surface area contributed by atoms with Crippen LogP contribution in [0.4, 0.5) is 0 Å². The zero-order chi connectivity index (χ0) is 19.5. The number of fused-ring (bicyclic) bond motifs is 1. The van der Waals surface area contributed by atoms with Crippen LogP contribution in [-0.4, -0.2) is 24.2 Å². The number of ether oxygens (including phenoxy) is 1. The van der Waals surface area contributed by atoms with Crippen LogP contribution in [0.3, 0.4) is 0 Å². The van der Waals surface area contributed by atoms with E-state index in [1.807, 2.05) is 60.0 Å². The van der Waals surface area contributed by atoms with Crippen molar-refractivity contribution in [2.75, 3.05) is 7.11 Å². The van der Waals surface area contributed by atoms with Crippen molar-refractivity contribution in [3.05, 3.63) is 75.0 Å². The third-order valence-electron chi connectivity index (χ3n) is 4.24. The Morgan fingerprint density at radius 2 is 2.04 bits per heavy atom. The summed E-state index contributed by atoms with van der Waals surface area (Å²) in [5.74, 6) is 0.469. The van der Waals surface area contributed by atoms with E-state index in [4.69, 9.17) is 4.74 Å². The Kier molecular flexibility index (Phi) is 5.27. The number of benzene rings is 2. The average Bonchev–Trinajstić information content (AvgIpc) is 3.32. The van der Waals surface area contributed by atoms with Crippen LogP contribution >= 0.6 is 27.3 Å². The summed E-state index contributed by atoms with van der Waals surface area (Å²) in [7, 11) is 1.62. The number of nitrogens with zero attached hydrogens (tertiary/aromatic N) is 1. The second-order valence-electron chi connectivity index (χ2n) is 6.02. The molecule has 2 heterocycles. The molecule has 0 aliphatic rings. The van der Waals surface area contributed by atoms with E-state index in [1.165, 1.54) is 11.3 Å². The number of hydrogen-bond donors (Lipinski definition) is 2. The van der Waals surface area contributed by atoms with Crippen molar-refractivity contribution in [1.82, 2.24) is 10.4 Å². The van der Waals surface area contributed by atoms with Gasteiger partial charge in [-0.3, -0.25) is 4.79 Å². The molecule has 28 heavy (non-hydrogen) atoms. The molecular weight excluding hydrogens is 438 g/mol. The Balaban J connectivity index is 1.68. The Labute approximate surface area is 174 Å². The lowest BCUT2D eigenvalue weighted by Crippen LogP contribution is -2.18. The number of aromatic amines is 1. The third-order valence-corrected chi connectivity index (χ3v) is 5.58. The average molecular weight is 454 g/mol. The van der Waals surface area contributed by atoms with Crippen molar-refractivity contribution >= 4 is 50.3 Å². The van der Waals surface area contributed by atoms with Gasteiger partial charge in [0, 0.05) is 26.3 Å². The fraction of sp³-hybridized carbons (Fsp3) is 0.0476. The minimum atomic E-state index is -0.300. The summed E-state index contributed by atoms with van der Waals surface area (Å²) in [5, 5.41) is 6.94. The first-order valence-corrected chi connectivity index (χ1v) is 10.2. The van der Waals surface area contributed by atoms with Crippen LogP contribution in [0.15, 0.2) is 69.6 Å². The monoisotopic (exact) mass is 453 g/mol. The fourth-order valence-electron chi connectivity index (χ4n) is 2.96. The lowest BCUT2D eigenvalue weighted by atomic mass is 10.0. The molecule has 0 atom stereocenters. The van der Waals surface area contributed by atoms with Gasteiger partial charge in [-0.15, -0.1) is 11.3 Å². The lowest BCUT2D eigenvalue weighted by molar-refractivity contribution is 0.0951. The summed E-state index contributed by atoms with van der Waals surface area (Å²) in [6.45, 7) is 0. The number of aromatic nitrogens is 1. The molecule has 0 aliphatic carbocycles. The molecule has 7 heteroatoms. The molecule has 140 valence electrons. The van der Waals surface area contributed by atoms with Crippen molar-refractivity contribution in [3.63, 3.8) is 0 Å². The lowest BCUT2D eigenvalue weighted by Gasteiger charge is -2.04. The number of hydrogen-bond acceptors (Lipinski definition) is 4. The van der Waals surface area contributed by atoms with Crippen LogP contribution in [0.2, 0.25) is 0 Å². The van der Waals surface area contributed by atoms with Crippen molar-refractivity contribution in [2.24, 2.45) is 5.10 Å². The van der Waals surface area contributed by atoms with E-state index in [0.29, 0.717) is 5.69 Å². The standard InChI is InChI=1S/C21H16BrN3O2S/c1-27-15-10-16(28-12-15)11-23-25-21(26)20-19(13-5-3-2-4-6-13)17-9-14(22)7-8-18(17)24-20/h2-12,24H,1H3,(H,25,26)/b23-11+. The largest absolute Gasteiger partial charge is 0.496 e. The molecule has 0 saturated carbocycles. The highest BCUT2D eigenvalue weighted by molar-refractivity contribution is 9.10. The van der Waals surface area contributed by atoms with Crippen molar-refractivity contribution in [1.29, 1.82) is 0 Å². The second-order valence-corrected chi connectivity index (χ2v) is 7.88. The van der Waals surface area contributed by atoms with E-state index in [1.54, 1.807) is 13.3 Å². The zero-order valence-corrected chi connectivity index (χ0v) is 17.3. The molecule has 0 aliphatic heterocycles. The van der Waals surface area contributed by atoms with E-state index in [0.717, 1.165) is 37.1 Å². The molecule has 2 N–H and O–H groups in total. The maximum absolute atomic E-state index is 12.9. The van der Waals surface area contributed by atoms with Crippen molar-refractivity contribution < 1.29 is 9.53 Å². The van der Waals surface area contributed by atoms with Crippen LogP contribution in [0.25, 0.3) is 22.0 Å². The molecule has 0 spiro atoms. The Hall–Kier alpha value is -2.90. The number of carbonyl (C=O) groups is 1. The molecule has 0 fully saturated rings. The molecule has 0 radical (unpaired) electrons. The van der Waals surface area contributed by atoms with Gasteiger partial charge in [0.15, 0.2) is 0 Å². The number of thiophene rings is 1. The zero-order valence-electron chi connectivity index (χ0n) is 14.9. The first-order chi connectivity index (χ1) is 13.7. The summed E-state index contributed by atoms with van der Waals surface area (Å²) in [6, 6.07) is 17.6. The number of rotatable bonds is 5. The molecule has 0 saturated heterocycles. The predicted octanol–water partition coefficient (Wildman–Crippen LogP) is 5.43. The van der Waals surface area contributed by atoms with E-state index >= 15 is 0 Å². The van der Waals surface area contributed by atoms with E-state index in [9.17, 15) is 4.79 Å². The summed E-state index contributed by atoms with van der Waals surface area (Å²) in [5.41, 5.74) is 5.79. The van der Waals surface area contributed by atoms with Crippen LogP contribution < -0.4 is 10.2 Å². The number of carbonyl (C=O) groups excluding carboxylic acids is 1. The van der Waals surface area contributed by atoms with Gasteiger partial charge in [-0.05, 0) is 29.8 Å². The number of halogens is 1. The molecule has 0 bridgehead atoms. The number of hydrazone groups is 1. The van der Waals surface area contributed by atoms with Gasteiger partial charge in [-0.25, -0.2) is 5.43 Å². The van der Waals surface area contributed by atoms with E-state index in [-0.39, 0.29) is 5.91 Å². The molecule has 5 nitrogen and oxygen atoms in total. The molecule has 2 aromatic heterocycles. The normalized spacial score (nSPS) is 11.2. The number of amides is 1. The van der Waals surface area contributed by atoms with Crippen LogP contribution in [-0.2, 0) is 0 Å². The van der Waals surface area contributed by atoms with Crippen LogP contribution in [0.1, 0.15) is 15.4 Å². The highest BCUT2D eigenvalue weighted by Crippen LogP contribution is 2.34. The predicted molar refractivity (Wildman–Crippen MR) is 117 cm³/mol. The molecular formula is C21H16BrN3O2S. The topological polar surface area (TPSA) is 66.5 Å². The number of H-pyrrole nitrogens is 1. The Bertz CT molecular complexity index is 1170. The molecule has 4 rings (SSSR count). The number of methoxy groups -OCH3 is 1. The highest BCUT2D eigenvalue weighted by atomic mass is 79.9. The van der Waals surface area contributed by atoms with Crippen molar-refractivity contribution in [2.45, 2.75) is 0 Å². The number of nitrogens with one attached hydrogen (secondary N) is 2. The summed E-state index contributed by atoms with van der Waals surface area (Å²) in [4.78, 5) is 17.0. The van der Waals surface area contributed by atoms with E-state index < -0.39 is 0 Å². The quantitative estimate of drug-likeness (QED) is 0.312. The second kappa shape index (κ2) is 8.00. The van der Waals surface area contributed by atoms with Gasteiger partial charge in [-0.1, -0.05) is 46.3 Å². The van der Waals surface area contributed by atoms with Gasteiger partial charge >= 0.3 is 0 Å². The van der Waals surface area contributed by atoms with Crippen molar-refractivity contribution in [3.8, 4) is 16.9 Å². The summed E-state index contributed by atoms with van der Waals surface area (Å²) in [6.07, 6.45) is 1.60. The van der Waals surface area contributed by atoms with Gasteiger partial charge in [0.1, 0.15) is 11.4 Å². The van der Waals surface area contributed by atoms with Gasteiger partial charge in [0.2, 0.25) is 0 Å². The molecule has 1 amide bonds. The van der Waals surface area contributed by atoms with Crippen LogP contribution in [0, 0.1) is 0 Å². The SMILES string of the molecule is COc1csc(/C=N/NC(=O)c2[nH]c3ccc(Br)cc3c2-c2ccccc2)c1. The maximum atomic E-state index is 12.9. The van der Waals surface area contributed by atoms with Gasteiger partial charge in [0.05, 0.1) is 18.2 Å². The third kappa shape index (κ3) is 3.72. The fourth-order valence-corrected chi connectivity index (χ4v) is 4.03. The Morgan fingerprint density at radius 3 is 2.79 bits per heavy atom.